The van der Waals surface area contributed by atoms with Crippen LogP contribution < -0.4 is 11.1 Å². The van der Waals surface area contributed by atoms with E-state index in [1.165, 1.54) is 17.8 Å². The van der Waals surface area contributed by atoms with Crippen LogP contribution in [0.4, 0.5) is 15.8 Å². The van der Waals surface area contributed by atoms with Gasteiger partial charge in [-0.05, 0) is 36.4 Å². The third-order valence-electron chi connectivity index (χ3n) is 2.88. The minimum atomic E-state index is -0.219. The van der Waals surface area contributed by atoms with Crippen molar-refractivity contribution in [3.05, 3.63) is 54.3 Å². The molecule has 0 aliphatic rings. The maximum atomic E-state index is 13.4. The van der Waals surface area contributed by atoms with E-state index in [0.717, 1.165) is 0 Å². The standard InChI is InChI=1S/C16H17FN2OS/c17-12-6-1-4-9-15(12)21-11-5-10-16(20)19-14-8-3-2-7-13(14)18/h1-4,6-9H,5,10-11,18H2,(H,19,20). The molecule has 1 amide bonds. The fourth-order valence-electron chi connectivity index (χ4n) is 1.80. The molecule has 5 heteroatoms. The molecule has 3 N–H and O–H groups in total. The van der Waals surface area contributed by atoms with Crippen LogP contribution in [0.2, 0.25) is 0 Å². The van der Waals surface area contributed by atoms with Crippen LogP contribution >= 0.6 is 11.8 Å². The highest BCUT2D eigenvalue weighted by molar-refractivity contribution is 7.99. The smallest absolute Gasteiger partial charge is 0.224 e. The first-order chi connectivity index (χ1) is 10.2. The van der Waals surface area contributed by atoms with Crippen molar-refractivity contribution in [2.75, 3.05) is 16.8 Å². The molecule has 0 aliphatic carbocycles. The van der Waals surface area contributed by atoms with Crippen LogP contribution in [0, 0.1) is 5.82 Å². The monoisotopic (exact) mass is 304 g/mol. The predicted molar refractivity (Wildman–Crippen MR) is 85.8 cm³/mol. The third kappa shape index (κ3) is 4.79. The normalized spacial score (nSPS) is 10.3. The zero-order valence-electron chi connectivity index (χ0n) is 11.5. The Labute approximate surface area is 127 Å². The second-order valence-electron chi connectivity index (χ2n) is 4.52. The Morgan fingerprint density at radius 3 is 2.62 bits per heavy atom. The van der Waals surface area contributed by atoms with Gasteiger partial charge in [-0.1, -0.05) is 24.3 Å². The fourth-order valence-corrected chi connectivity index (χ4v) is 2.69. The number of carbonyl (C=O) groups is 1. The Balaban J connectivity index is 1.73. The maximum Gasteiger partial charge on any atom is 0.224 e. The highest BCUT2D eigenvalue weighted by Crippen LogP contribution is 2.22. The molecule has 0 aromatic heterocycles. The topological polar surface area (TPSA) is 55.1 Å². The Morgan fingerprint density at radius 2 is 1.86 bits per heavy atom. The first-order valence-electron chi connectivity index (χ1n) is 6.68. The highest BCUT2D eigenvalue weighted by atomic mass is 32.2. The van der Waals surface area contributed by atoms with Crippen LogP contribution in [0.15, 0.2) is 53.4 Å². The summed E-state index contributed by atoms with van der Waals surface area (Å²) in [4.78, 5) is 12.4. The van der Waals surface area contributed by atoms with Crippen molar-refractivity contribution in [2.45, 2.75) is 17.7 Å². The molecule has 0 radical (unpaired) electrons. The van der Waals surface area contributed by atoms with Gasteiger partial charge in [-0.3, -0.25) is 4.79 Å². The van der Waals surface area contributed by atoms with E-state index in [2.05, 4.69) is 5.32 Å². The Hall–Kier alpha value is -2.01. The van der Waals surface area contributed by atoms with Crippen LogP contribution in [-0.2, 0) is 4.79 Å². The number of nitrogens with two attached hydrogens (primary N) is 1. The van der Waals surface area contributed by atoms with Gasteiger partial charge >= 0.3 is 0 Å². The second-order valence-corrected chi connectivity index (χ2v) is 5.65. The highest BCUT2D eigenvalue weighted by Gasteiger charge is 2.06. The Bertz CT molecular complexity index is 619. The van der Waals surface area contributed by atoms with Crippen LogP contribution in [0.1, 0.15) is 12.8 Å². The van der Waals surface area contributed by atoms with E-state index in [1.807, 2.05) is 12.1 Å². The lowest BCUT2D eigenvalue weighted by atomic mass is 10.2. The molecule has 21 heavy (non-hydrogen) atoms. The molecule has 0 atom stereocenters. The summed E-state index contributed by atoms with van der Waals surface area (Å²) in [5.41, 5.74) is 6.93. The molecular formula is C16H17FN2OS. The summed E-state index contributed by atoms with van der Waals surface area (Å²) < 4.78 is 13.4. The largest absolute Gasteiger partial charge is 0.397 e. The minimum Gasteiger partial charge on any atom is -0.397 e. The van der Waals surface area contributed by atoms with E-state index in [4.69, 9.17) is 5.73 Å². The van der Waals surface area contributed by atoms with Crippen LogP contribution in [0.5, 0.6) is 0 Å². The molecule has 0 aliphatic heterocycles. The second kappa shape index (κ2) is 7.69. The van der Waals surface area contributed by atoms with Crippen molar-refractivity contribution >= 4 is 29.0 Å². The molecule has 2 rings (SSSR count). The summed E-state index contributed by atoms with van der Waals surface area (Å²) in [6, 6.07) is 13.8. The predicted octanol–water partition coefficient (Wildman–Crippen LogP) is 3.92. The van der Waals surface area contributed by atoms with E-state index in [-0.39, 0.29) is 11.7 Å². The SMILES string of the molecule is Nc1ccccc1NC(=O)CCCSc1ccccc1F. The molecule has 0 spiro atoms. The van der Waals surface area contributed by atoms with Gasteiger partial charge in [0.1, 0.15) is 5.82 Å². The summed E-state index contributed by atoms with van der Waals surface area (Å²) in [6.45, 7) is 0. The lowest BCUT2D eigenvalue weighted by molar-refractivity contribution is -0.116. The minimum absolute atomic E-state index is 0.0815. The zero-order chi connectivity index (χ0) is 15.1. The number of rotatable bonds is 6. The molecule has 3 nitrogen and oxygen atoms in total. The van der Waals surface area contributed by atoms with Crippen LogP contribution in [0.3, 0.4) is 0 Å². The van der Waals surface area contributed by atoms with Crippen molar-refractivity contribution in [3.8, 4) is 0 Å². The summed E-state index contributed by atoms with van der Waals surface area (Å²) in [5, 5.41) is 2.77. The number of amides is 1. The van der Waals surface area contributed by atoms with Crippen molar-refractivity contribution in [1.29, 1.82) is 0 Å². The first-order valence-corrected chi connectivity index (χ1v) is 7.67. The first kappa shape index (κ1) is 15.4. The average molecular weight is 304 g/mol. The van der Waals surface area contributed by atoms with Gasteiger partial charge in [0.15, 0.2) is 0 Å². The number of para-hydroxylation sites is 2. The van der Waals surface area contributed by atoms with E-state index >= 15 is 0 Å². The molecule has 110 valence electrons. The quantitative estimate of drug-likeness (QED) is 0.483. The van der Waals surface area contributed by atoms with E-state index in [0.29, 0.717) is 34.9 Å². The van der Waals surface area contributed by atoms with Gasteiger partial charge in [-0.15, -0.1) is 11.8 Å². The van der Waals surface area contributed by atoms with E-state index in [1.54, 1.807) is 30.3 Å². The number of nitrogens with one attached hydrogen (secondary N) is 1. The van der Waals surface area contributed by atoms with Crippen molar-refractivity contribution in [3.63, 3.8) is 0 Å². The van der Waals surface area contributed by atoms with Gasteiger partial charge in [0.2, 0.25) is 5.91 Å². The average Bonchev–Trinajstić information content (AvgIpc) is 2.48. The number of halogens is 1. The lowest BCUT2D eigenvalue weighted by Crippen LogP contribution is -2.12. The summed E-state index contributed by atoms with van der Waals surface area (Å²) in [5.74, 6) is 0.393. The van der Waals surface area contributed by atoms with Crippen LogP contribution in [-0.4, -0.2) is 11.7 Å². The number of nitrogen functional groups attached to an aromatic ring is 1. The van der Waals surface area contributed by atoms with Gasteiger partial charge in [0.25, 0.3) is 0 Å². The molecule has 0 saturated carbocycles. The van der Waals surface area contributed by atoms with Gasteiger partial charge < -0.3 is 11.1 Å². The van der Waals surface area contributed by atoms with E-state index < -0.39 is 0 Å². The third-order valence-corrected chi connectivity index (χ3v) is 4.01. The van der Waals surface area contributed by atoms with Gasteiger partial charge in [-0.2, -0.15) is 0 Å². The number of benzene rings is 2. The molecule has 0 unspecified atom stereocenters. The lowest BCUT2D eigenvalue weighted by Gasteiger charge is -2.07. The van der Waals surface area contributed by atoms with Crippen LogP contribution in [0.25, 0.3) is 0 Å². The number of hydrogen-bond donors (Lipinski definition) is 2. The number of thioether (sulfide) groups is 1. The summed E-state index contributed by atoms with van der Waals surface area (Å²) >= 11 is 1.42. The van der Waals surface area contributed by atoms with Crippen molar-refractivity contribution < 1.29 is 9.18 Å². The molecular weight excluding hydrogens is 287 g/mol. The Kier molecular flexibility index (Phi) is 5.63. The molecule has 0 fully saturated rings. The van der Waals surface area contributed by atoms with Crippen molar-refractivity contribution in [2.24, 2.45) is 0 Å². The summed E-state index contributed by atoms with van der Waals surface area (Å²) in [7, 11) is 0. The summed E-state index contributed by atoms with van der Waals surface area (Å²) in [6.07, 6.45) is 1.06. The van der Waals surface area contributed by atoms with Gasteiger partial charge in [-0.25, -0.2) is 4.39 Å². The maximum absolute atomic E-state index is 13.4. The Morgan fingerprint density at radius 1 is 1.14 bits per heavy atom. The van der Waals surface area contributed by atoms with Gasteiger partial charge in [0, 0.05) is 11.3 Å². The molecule has 0 saturated heterocycles. The fraction of sp³-hybridized carbons (Fsp3) is 0.188. The zero-order valence-corrected chi connectivity index (χ0v) is 12.3. The molecule has 0 heterocycles. The number of hydrogen-bond acceptors (Lipinski definition) is 3. The number of carbonyl (C=O) groups excluding carboxylic acids is 1. The van der Waals surface area contributed by atoms with Gasteiger partial charge in [0.05, 0.1) is 11.4 Å². The molecule has 2 aromatic rings. The number of anilines is 2. The molecule has 2 aromatic carbocycles. The van der Waals surface area contributed by atoms with Crippen molar-refractivity contribution in [1.82, 2.24) is 0 Å². The van der Waals surface area contributed by atoms with E-state index in [9.17, 15) is 9.18 Å². The molecule has 0 bridgehead atoms.